The lowest BCUT2D eigenvalue weighted by atomic mass is 10.2. The molecule has 0 bridgehead atoms. The lowest BCUT2D eigenvalue weighted by molar-refractivity contribution is 0.199. The van der Waals surface area contributed by atoms with E-state index in [0.29, 0.717) is 18.9 Å². The summed E-state index contributed by atoms with van der Waals surface area (Å²) in [6, 6.07) is 13.1. The second-order valence-corrected chi connectivity index (χ2v) is 13.4. The molecule has 1 amide bonds. The van der Waals surface area contributed by atoms with Gasteiger partial charge in [-0.05, 0) is 36.8 Å². The van der Waals surface area contributed by atoms with Gasteiger partial charge in [-0.15, -0.1) is 0 Å². The SMILES string of the molecule is CNC(CO[Si](C)(C)C(C)(C)C)c1cc(OC(=O)NCc2ccccc2)ccn1. The Bertz CT molecular complexity index is 791. The Morgan fingerprint density at radius 2 is 1.86 bits per heavy atom. The summed E-state index contributed by atoms with van der Waals surface area (Å²) in [6.07, 6.45) is 1.15. The molecule has 0 saturated heterocycles. The molecule has 1 heterocycles. The minimum Gasteiger partial charge on any atom is -0.415 e. The smallest absolute Gasteiger partial charge is 0.412 e. The summed E-state index contributed by atoms with van der Waals surface area (Å²) >= 11 is 0. The number of carbonyl (C=O) groups excluding carboxylic acids is 1. The normalized spacial score (nSPS) is 13.0. The first-order valence-electron chi connectivity index (χ1n) is 9.89. The number of nitrogens with one attached hydrogen (secondary N) is 2. The van der Waals surface area contributed by atoms with E-state index in [1.807, 2.05) is 37.4 Å². The van der Waals surface area contributed by atoms with Gasteiger partial charge in [0.05, 0.1) is 18.3 Å². The molecule has 0 saturated carbocycles. The number of nitrogens with zero attached hydrogens (tertiary/aromatic N) is 1. The standard InChI is InChI=1S/C22H33N3O3Si/c1-22(2,3)29(5,6)27-16-20(23-4)19-14-18(12-13-24-19)28-21(26)25-15-17-10-8-7-9-11-17/h7-14,20,23H,15-16H2,1-6H3,(H,25,26). The Labute approximate surface area is 175 Å². The number of aromatic nitrogens is 1. The van der Waals surface area contributed by atoms with Crippen LogP contribution in [-0.4, -0.2) is 33.0 Å². The molecule has 2 rings (SSSR count). The van der Waals surface area contributed by atoms with Crippen LogP contribution >= 0.6 is 0 Å². The predicted octanol–water partition coefficient (Wildman–Crippen LogP) is 4.65. The van der Waals surface area contributed by atoms with Gasteiger partial charge in [0.15, 0.2) is 8.32 Å². The molecule has 1 unspecified atom stereocenters. The fourth-order valence-electron chi connectivity index (χ4n) is 2.42. The van der Waals surface area contributed by atoms with Crippen LogP contribution in [0.5, 0.6) is 5.75 Å². The Hall–Kier alpha value is -2.22. The van der Waals surface area contributed by atoms with Crippen LogP contribution in [0.3, 0.4) is 0 Å². The van der Waals surface area contributed by atoms with Crippen molar-refractivity contribution in [2.75, 3.05) is 13.7 Å². The summed E-state index contributed by atoms with van der Waals surface area (Å²) in [6.45, 7) is 12.0. The van der Waals surface area contributed by atoms with Crippen LogP contribution in [0.15, 0.2) is 48.7 Å². The van der Waals surface area contributed by atoms with E-state index in [4.69, 9.17) is 9.16 Å². The second kappa shape index (κ2) is 10.0. The molecule has 2 aromatic rings. The van der Waals surface area contributed by atoms with Crippen LogP contribution in [0, 0.1) is 0 Å². The van der Waals surface area contributed by atoms with Crippen molar-refractivity contribution in [1.29, 1.82) is 0 Å². The van der Waals surface area contributed by atoms with Crippen molar-refractivity contribution in [2.45, 2.75) is 51.5 Å². The van der Waals surface area contributed by atoms with E-state index in [1.165, 1.54) is 0 Å². The predicted molar refractivity (Wildman–Crippen MR) is 118 cm³/mol. The van der Waals surface area contributed by atoms with Gasteiger partial charge in [-0.2, -0.15) is 0 Å². The van der Waals surface area contributed by atoms with Crippen LogP contribution in [0.25, 0.3) is 0 Å². The fourth-order valence-corrected chi connectivity index (χ4v) is 3.44. The topological polar surface area (TPSA) is 72.5 Å². The molecule has 7 heteroatoms. The summed E-state index contributed by atoms with van der Waals surface area (Å²) in [7, 11) is 0.0137. The fraction of sp³-hybridized carbons (Fsp3) is 0.455. The highest BCUT2D eigenvalue weighted by molar-refractivity contribution is 6.74. The zero-order valence-electron chi connectivity index (χ0n) is 18.3. The summed E-state index contributed by atoms with van der Waals surface area (Å²) in [5.74, 6) is 0.452. The summed E-state index contributed by atoms with van der Waals surface area (Å²) in [5, 5.41) is 6.14. The van der Waals surface area contributed by atoms with Gasteiger partial charge in [0.2, 0.25) is 0 Å². The van der Waals surface area contributed by atoms with Gasteiger partial charge in [-0.25, -0.2) is 4.79 Å². The van der Waals surface area contributed by atoms with Crippen molar-refractivity contribution < 1.29 is 14.0 Å². The minimum absolute atomic E-state index is 0.0833. The van der Waals surface area contributed by atoms with Crippen molar-refractivity contribution >= 4 is 14.4 Å². The number of rotatable bonds is 8. The molecule has 0 fully saturated rings. The maximum atomic E-state index is 12.1. The molecule has 1 atom stereocenters. The van der Waals surface area contributed by atoms with Crippen LogP contribution in [0.4, 0.5) is 4.79 Å². The second-order valence-electron chi connectivity index (χ2n) is 8.56. The quantitative estimate of drug-likeness (QED) is 0.614. The number of carbonyl (C=O) groups is 1. The zero-order valence-corrected chi connectivity index (χ0v) is 19.3. The molecular weight excluding hydrogens is 382 g/mol. The van der Waals surface area contributed by atoms with Crippen LogP contribution in [-0.2, 0) is 11.0 Å². The van der Waals surface area contributed by atoms with E-state index in [0.717, 1.165) is 11.3 Å². The molecule has 0 aliphatic rings. The average molecular weight is 416 g/mol. The molecule has 0 radical (unpaired) electrons. The molecular formula is C22H33N3O3Si. The van der Waals surface area contributed by atoms with Gasteiger partial charge in [-0.3, -0.25) is 4.98 Å². The molecule has 2 N–H and O–H groups in total. The third-order valence-corrected chi connectivity index (χ3v) is 9.87. The number of benzene rings is 1. The van der Waals surface area contributed by atoms with Gasteiger partial charge in [0, 0.05) is 18.8 Å². The summed E-state index contributed by atoms with van der Waals surface area (Å²) in [5.41, 5.74) is 1.79. The van der Waals surface area contributed by atoms with Gasteiger partial charge in [0.25, 0.3) is 0 Å². The van der Waals surface area contributed by atoms with E-state index < -0.39 is 14.4 Å². The van der Waals surface area contributed by atoms with Crippen LogP contribution < -0.4 is 15.4 Å². The number of hydrogen-bond acceptors (Lipinski definition) is 5. The average Bonchev–Trinajstić information content (AvgIpc) is 2.67. The van der Waals surface area contributed by atoms with Crippen molar-refractivity contribution in [3.05, 3.63) is 59.9 Å². The largest absolute Gasteiger partial charge is 0.415 e. The third-order valence-electron chi connectivity index (χ3n) is 5.37. The van der Waals surface area contributed by atoms with Gasteiger partial charge in [-0.1, -0.05) is 51.1 Å². The first-order chi connectivity index (χ1) is 13.6. The van der Waals surface area contributed by atoms with Gasteiger partial charge >= 0.3 is 6.09 Å². The van der Waals surface area contributed by atoms with Crippen LogP contribution in [0.1, 0.15) is 38.1 Å². The van der Waals surface area contributed by atoms with E-state index >= 15 is 0 Å². The number of likely N-dealkylation sites (N-methyl/N-ethyl adjacent to an activating group) is 1. The van der Waals surface area contributed by atoms with E-state index in [-0.39, 0.29) is 11.1 Å². The Kier molecular flexibility index (Phi) is 7.95. The third kappa shape index (κ3) is 6.95. The monoisotopic (exact) mass is 415 g/mol. The van der Waals surface area contributed by atoms with Crippen molar-refractivity contribution in [1.82, 2.24) is 15.6 Å². The zero-order chi connectivity index (χ0) is 21.5. The van der Waals surface area contributed by atoms with Crippen molar-refractivity contribution in [2.24, 2.45) is 0 Å². The molecule has 0 aliphatic heterocycles. The van der Waals surface area contributed by atoms with E-state index in [1.54, 1.807) is 18.3 Å². The lowest BCUT2D eigenvalue weighted by Gasteiger charge is -2.37. The highest BCUT2D eigenvalue weighted by Crippen LogP contribution is 2.37. The summed E-state index contributed by atoms with van der Waals surface area (Å²) in [4.78, 5) is 16.6. The summed E-state index contributed by atoms with van der Waals surface area (Å²) < 4.78 is 11.7. The molecule has 158 valence electrons. The first-order valence-corrected chi connectivity index (χ1v) is 12.8. The Balaban J connectivity index is 1.96. The number of amides is 1. The highest BCUT2D eigenvalue weighted by Gasteiger charge is 2.37. The number of ether oxygens (including phenoxy) is 1. The number of hydrogen-bond donors (Lipinski definition) is 2. The lowest BCUT2D eigenvalue weighted by Crippen LogP contribution is -2.42. The maximum absolute atomic E-state index is 12.1. The Morgan fingerprint density at radius 3 is 2.48 bits per heavy atom. The van der Waals surface area contributed by atoms with Crippen LogP contribution in [0.2, 0.25) is 18.1 Å². The maximum Gasteiger partial charge on any atom is 0.412 e. The molecule has 6 nitrogen and oxygen atoms in total. The molecule has 0 spiro atoms. The molecule has 1 aromatic heterocycles. The van der Waals surface area contributed by atoms with Crippen molar-refractivity contribution in [3.63, 3.8) is 0 Å². The highest BCUT2D eigenvalue weighted by atomic mass is 28.4. The van der Waals surface area contributed by atoms with E-state index in [2.05, 4.69) is 49.5 Å². The molecule has 1 aromatic carbocycles. The molecule has 29 heavy (non-hydrogen) atoms. The van der Waals surface area contributed by atoms with Gasteiger partial charge < -0.3 is 19.8 Å². The number of pyridine rings is 1. The van der Waals surface area contributed by atoms with E-state index in [9.17, 15) is 4.79 Å². The van der Waals surface area contributed by atoms with Crippen molar-refractivity contribution in [3.8, 4) is 5.75 Å². The molecule has 0 aliphatic carbocycles. The Morgan fingerprint density at radius 1 is 1.17 bits per heavy atom. The first kappa shape index (κ1) is 23.1. The van der Waals surface area contributed by atoms with Gasteiger partial charge in [0.1, 0.15) is 5.75 Å². The minimum atomic E-state index is -1.86.